The van der Waals surface area contributed by atoms with Crippen LogP contribution in [-0.4, -0.2) is 16.7 Å². The van der Waals surface area contributed by atoms with Crippen LogP contribution in [0.4, 0.5) is 0 Å². The smallest absolute Gasteiger partial charge is 0.142 e. The first kappa shape index (κ1) is 17.2. The van der Waals surface area contributed by atoms with Crippen molar-refractivity contribution in [3.05, 3.63) is 0 Å². The van der Waals surface area contributed by atoms with Gasteiger partial charge < -0.3 is 0 Å². The Bertz CT molecular complexity index is 337. The third kappa shape index (κ3) is 5.83. The van der Waals surface area contributed by atoms with Crippen LogP contribution in [0.15, 0.2) is 0 Å². The van der Waals surface area contributed by atoms with Crippen molar-refractivity contribution in [2.45, 2.75) is 94.7 Å². The highest BCUT2D eigenvalue weighted by Crippen LogP contribution is 2.33. The molecule has 1 saturated heterocycles. The van der Waals surface area contributed by atoms with Gasteiger partial charge in [-0.2, -0.15) is 5.26 Å². The maximum Gasteiger partial charge on any atom is 0.142 e. The number of rotatable bonds is 1. The molecule has 0 aromatic carbocycles. The molecule has 0 aromatic rings. The Labute approximate surface area is 135 Å². The van der Waals surface area contributed by atoms with Gasteiger partial charge in [0.15, 0.2) is 0 Å². The zero-order chi connectivity index (χ0) is 15.1. The molecule has 2 rings (SSSR count). The van der Waals surface area contributed by atoms with Gasteiger partial charge in [-0.25, -0.2) is 0 Å². The molecule has 2 nitrogen and oxygen atoms in total. The van der Waals surface area contributed by atoms with Crippen LogP contribution in [0.3, 0.4) is 0 Å². The van der Waals surface area contributed by atoms with Gasteiger partial charge in [0.2, 0.25) is 0 Å². The Hall–Kier alpha value is -0.200. The summed E-state index contributed by atoms with van der Waals surface area (Å²) in [6, 6.07) is 3.02. The van der Waals surface area contributed by atoms with E-state index >= 15 is 0 Å². The number of hydrogen-bond donors (Lipinski definition) is 1. The Morgan fingerprint density at radius 3 is 2.38 bits per heavy atom. The van der Waals surface area contributed by atoms with Crippen molar-refractivity contribution in [2.24, 2.45) is 11.8 Å². The number of hydrogen-bond acceptors (Lipinski definition) is 3. The van der Waals surface area contributed by atoms with Gasteiger partial charge in [0.25, 0.3) is 0 Å². The van der Waals surface area contributed by atoms with Crippen molar-refractivity contribution in [3.63, 3.8) is 0 Å². The van der Waals surface area contributed by atoms with E-state index in [2.05, 4.69) is 25.2 Å². The molecule has 1 aliphatic carbocycles. The molecular formula is C18H32N2S. The second kappa shape index (κ2) is 9.06. The molecule has 0 aromatic heterocycles. The van der Waals surface area contributed by atoms with Crippen LogP contribution in [0.1, 0.15) is 78.1 Å². The lowest BCUT2D eigenvalue weighted by molar-refractivity contribution is 0.314. The summed E-state index contributed by atoms with van der Waals surface area (Å²) in [5.41, 5.74) is 0. The highest BCUT2D eigenvalue weighted by Gasteiger charge is 2.28. The van der Waals surface area contributed by atoms with Gasteiger partial charge in [-0.05, 0) is 31.1 Å². The monoisotopic (exact) mass is 308 g/mol. The number of nitrogens with one attached hydrogen (secondary N) is 1. The summed E-state index contributed by atoms with van der Waals surface area (Å²) in [4.78, 5) is 0. The van der Waals surface area contributed by atoms with E-state index in [0.29, 0.717) is 11.3 Å². The summed E-state index contributed by atoms with van der Waals surface area (Å²) in [7, 11) is 0. The van der Waals surface area contributed by atoms with Crippen molar-refractivity contribution < 1.29 is 0 Å². The quantitative estimate of drug-likeness (QED) is 0.732. The molecule has 4 atom stereocenters. The summed E-state index contributed by atoms with van der Waals surface area (Å²) in [6.45, 7) is 4.79. The summed E-state index contributed by atoms with van der Waals surface area (Å²) < 4.78 is 0. The van der Waals surface area contributed by atoms with Crippen molar-refractivity contribution in [3.8, 4) is 6.07 Å². The molecule has 1 saturated carbocycles. The third-order valence-corrected chi connectivity index (χ3v) is 6.63. The first-order valence-corrected chi connectivity index (χ1v) is 9.94. The van der Waals surface area contributed by atoms with Crippen LogP contribution in [0.2, 0.25) is 0 Å². The van der Waals surface area contributed by atoms with E-state index < -0.39 is 0 Å². The number of nitriles is 1. The average Bonchev–Trinajstić information content (AvgIpc) is 2.49. The van der Waals surface area contributed by atoms with E-state index in [9.17, 15) is 5.26 Å². The molecule has 3 heteroatoms. The molecule has 0 spiro atoms. The molecule has 1 aliphatic heterocycles. The zero-order valence-corrected chi connectivity index (χ0v) is 14.6. The summed E-state index contributed by atoms with van der Waals surface area (Å²) in [6.07, 6.45) is 13.5. The van der Waals surface area contributed by atoms with Gasteiger partial charge in [0, 0.05) is 11.3 Å². The Balaban J connectivity index is 1.90. The predicted octanol–water partition coefficient (Wildman–Crippen LogP) is 5.10. The first-order valence-electron chi connectivity index (χ1n) is 9.00. The van der Waals surface area contributed by atoms with Crippen molar-refractivity contribution >= 4 is 11.8 Å². The van der Waals surface area contributed by atoms with E-state index in [0.717, 1.165) is 11.8 Å². The fourth-order valence-corrected chi connectivity index (χ4v) is 5.27. The molecule has 0 radical (unpaired) electrons. The molecule has 1 heterocycles. The van der Waals surface area contributed by atoms with Crippen LogP contribution in [0.5, 0.6) is 0 Å². The van der Waals surface area contributed by atoms with Gasteiger partial charge in [0.05, 0.1) is 6.07 Å². The van der Waals surface area contributed by atoms with Gasteiger partial charge in [-0.15, -0.1) is 11.8 Å². The van der Waals surface area contributed by atoms with Crippen LogP contribution < -0.4 is 5.32 Å². The summed E-state index contributed by atoms with van der Waals surface area (Å²) >= 11 is 1.88. The zero-order valence-electron chi connectivity index (χ0n) is 13.8. The lowest BCUT2D eigenvalue weighted by Gasteiger charge is -2.33. The highest BCUT2D eigenvalue weighted by molar-refractivity contribution is 8.00. The minimum atomic E-state index is 0.0299. The second-order valence-corrected chi connectivity index (χ2v) is 8.70. The van der Waals surface area contributed by atoms with Gasteiger partial charge in [0.1, 0.15) is 5.37 Å². The number of nitrogens with zero attached hydrogens (tertiary/aromatic N) is 1. The third-order valence-electron chi connectivity index (χ3n) is 5.30. The van der Waals surface area contributed by atoms with Crippen LogP contribution >= 0.6 is 11.8 Å². The van der Waals surface area contributed by atoms with Gasteiger partial charge >= 0.3 is 0 Å². The van der Waals surface area contributed by atoms with Gasteiger partial charge in [-0.3, -0.25) is 5.32 Å². The number of fused-ring (bicyclic) bond motifs is 2. The Kier molecular flexibility index (Phi) is 7.40. The van der Waals surface area contributed by atoms with E-state index in [1.807, 2.05) is 11.8 Å². The first-order chi connectivity index (χ1) is 10.2. The fraction of sp³-hybridized carbons (Fsp3) is 0.944. The molecule has 21 heavy (non-hydrogen) atoms. The second-order valence-electron chi connectivity index (χ2n) is 7.29. The molecule has 0 amide bonds. The highest BCUT2D eigenvalue weighted by atomic mass is 32.2. The van der Waals surface area contributed by atoms with Crippen molar-refractivity contribution in [1.82, 2.24) is 5.32 Å². The summed E-state index contributed by atoms with van der Waals surface area (Å²) in [5.74, 6) is 1.77. The Morgan fingerprint density at radius 2 is 1.67 bits per heavy atom. The largest absolute Gasteiger partial charge is 0.291 e. The fourth-order valence-electron chi connectivity index (χ4n) is 3.91. The number of thioether (sulfide) groups is 1. The van der Waals surface area contributed by atoms with E-state index in [1.54, 1.807) is 0 Å². The van der Waals surface area contributed by atoms with Gasteiger partial charge in [-0.1, -0.05) is 58.8 Å². The standard InChI is InChI=1S/C18H32N2S/c1-14(2)15-8-4-3-5-10-16-12-17(11-7-6-9-15)21-18(13-19)20-16/h14-18,20H,3-12H2,1-2H3. The molecule has 1 N–H and O–H groups in total. The van der Waals surface area contributed by atoms with E-state index in [-0.39, 0.29) is 5.37 Å². The topological polar surface area (TPSA) is 35.8 Å². The summed E-state index contributed by atoms with van der Waals surface area (Å²) in [5, 5.41) is 13.5. The molecule has 2 aliphatic rings. The van der Waals surface area contributed by atoms with E-state index in [1.165, 1.54) is 64.2 Å². The Morgan fingerprint density at radius 1 is 1.00 bits per heavy atom. The van der Waals surface area contributed by atoms with Crippen LogP contribution in [-0.2, 0) is 0 Å². The molecule has 2 fully saturated rings. The SMILES string of the molecule is CC(C)C1CCCCCC2CC(CCCC1)SC(C#N)N2. The van der Waals surface area contributed by atoms with Crippen molar-refractivity contribution in [2.75, 3.05) is 0 Å². The van der Waals surface area contributed by atoms with Crippen LogP contribution in [0.25, 0.3) is 0 Å². The lowest BCUT2D eigenvalue weighted by atomic mass is 9.86. The molecular weight excluding hydrogens is 276 g/mol. The average molecular weight is 309 g/mol. The lowest BCUT2D eigenvalue weighted by Crippen LogP contribution is -2.43. The molecule has 4 unspecified atom stereocenters. The minimum Gasteiger partial charge on any atom is -0.291 e. The molecule has 2 bridgehead atoms. The molecule has 120 valence electrons. The van der Waals surface area contributed by atoms with E-state index in [4.69, 9.17) is 0 Å². The predicted molar refractivity (Wildman–Crippen MR) is 92.2 cm³/mol. The van der Waals surface area contributed by atoms with Crippen LogP contribution in [0, 0.1) is 23.2 Å². The minimum absolute atomic E-state index is 0.0299. The maximum atomic E-state index is 9.24. The van der Waals surface area contributed by atoms with Crippen molar-refractivity contribution in [1.29, 1.82) is 5.26 Å². The maximum absolute atomic E-state index is 9.24. The normalized spacial score (nSPS) is 36.1.